The number of rotatable bonds is 11. The summed E-state index contributed by atoms with van der Waals surface area (Å²) in [6, 6.07) is 0.0446. The summed E-state index contributed by atoms with van der Waals surface area (Å²) in [4.78, 5) is 22.2. The Bertz CT molecular complexity index is 288. The van der Waals surface area contributed by atoms with Crippen LogP contribution in [0.4, 0.5) is 4.79 Å². The van der Waals surface area contributed by atoms with Gasteiger partial charge in [-0.3, -0.25) is 4.79 Å². The Balaban J connectivity index is 3.74. The fraction of sp³-hybridized carbons (Fsp3) is 0.857. The summed E-state index contributed by atoms with van der Waals surface area (Å²) in [7, 11) is 0. The van der Waals surface area contributed by atoms with Gasteiger partial charge in [-0.2, -0.15) is 11.8 Å². The number of carboxylic acid groups (broad SMARTS) is 1. The van der Waals surface area contributed by atoms with Crippen molar-refractivity contribution in [2.45, 2.75) is 52.0 Å². The lowest BCUT2D eigenvalue weighted by Gasteiger charge is -2.16. The van der Waals surface area contributed by atoms with Crippen LogP contribution in [0.5, 0.6) is 0 Å². The zero-order chi connectivity index (χ0) is 15.4. The number of hydrogen-bond donors (Lipinski definition) is 3. The van der Waals surface area contributed by atoms with Crippen LogP contribution in [0.15, 0.2) is 0 Å². The van der Waals surface area contributed by atoms with E-state index in [-0.39, 0.29) is 18.5 Å². The van der Waals surface area contributed by atoms with Gasteiger partial charge in [-0.15, -0.1) is 0 Å². The smallest absolute Gasteiger partial charge is 0.314 e. The lowest BCUT2D eigenvalue weighted by atomic mass is 9.97. The van der Waals surface area contributed by atoms with E-state index in [9.17, 15) is 9.59 Å². The molecule has 0 saturated carbocycles. The molecule has 0 aliphatic rings. The second-order valence-electron chi connectivity index (χ2n) is 5.08. The average molecular weight is 304 g/mol. The zero-order valence-electron chi connectivity index (χ0n) is 12.8. The SMILES string of the molecule is CCC(CCNC(=O)NC(C)CCSC)CCC(=O)O. The molecule has 2 amide bonds. The maximum atomic E-state index is 11.6. The molecule has 0 fully saturated rings. The highest BCUT2D eigenvalue weighted by Gasteiger charge is 2.10. The van der Waals surface area contributed by atoms with Crippen LogP contribution in [-0.4, -0.2) is 41.7 Å². The molecule has 3 N–H and O–H groups in total. The van der Waals surface area contributed by atoms with E-state index in [0.29, 0.717) is 18.9 Å². The van der Waals surface area contributed by atoms with Crippen LogP contribution in [0.3, 0.4) is 0 Å². The van der Waals surface area contributed by atoms with Gasteiger partial charge < -0.3 is 15.7 Å². The lowest BCUT2D eigenvalue weighted by molar-refractivity contribution is -0.137. The molecule has 0 aromatic carbocycles. The summed E-state index contributed by atoms with van der Waals surface area (Å²) in [5, 5.41) is 14.4. The van der Waals surface area contributed by atoms with Crippen LogP contribution < -0.4 is 10.6 Å². The molecule has 2 atom stereocenters. The van der Waals surface area contributed by atoms with Gasteiger partial charge in [0.15, 0.2) is 0 Å². The predicted octanol–water partition coefficient (Wildman–Crippen LogP) is 2.71. The summed E-state index contributed by atoms with van der Waals surface area (Å²) in [6.07, 6.45) is 5.67. The molecule has 6 heteroatoms. The summed E-state index contributed by atoms with van der Waals surface area (Å²) in [5.74, 6) is 0.645. The zero-order valence-corrected chi connectivity index (χ0v) is 13.6. The number of nitrogens with one attached hydrogen (secondary N) is 2. The van der Waals surface area contributed by atoms with Gasteiger partial charge in [0.25, 0.3) is 0 Å². The summed E-state index contributed by atoms with van der Waals surface area (Å²) >= 11 is 1.77. The van der Waals surface area contributed by atoms with Crippen molar-refractivity contribution in [3.05, 3.63) is 0 Å². The molecule has 5 nitrogen and oxygen atoms in total. The van der Waals surface area contributed by atoms with E-state index in [1.54, 1.807) is 11.8 Å². The van der Waals surface area contributed by atoms with Crippen LogP contribution >= 0.6 is 11.8 Å². The first-order valence-electron chi connectivity index (χ1n) is 7.24. The number of carbonyl (C=O) groups excluding carboxylic acids is 1. The maximum Gasteiger partial charge on any atom is 0.314 e. The van der Waals surface area contributed by atoms with Crippen molar-refractivity contribution in [2.24, 2.45) is 5.92 Å². The molecule has 0 aromatic rings. The first-order chi connectivity index (χ1) is 9.49. The fourth-order valence-electron chi connectivity index (χ4n) is 1.91. The minimum Gasteiger partial charge on any atom is -0.481 e. The Morgan fingerprint density at radius 1 is 1.25 bits per heavy atom. The molecule has 2 unspecified atom stereocenters. The Kier molecular flexibility index (Phi) is 11.3. The molecular formula is C14H28N2O3S. The molecule has 0 spiro atoms. The molecule has 0 radical (unpaired) electrons. The molecular weight excluding hydrogens is 276 g/mol. The molecule has 0 aromatic heterocycles. The largest absolute Gasteiger partial charge is 0.481 e. The third kappa shape index (κ3) is 11.0. The predicted molar refractivity (Wildman–Crippen MR) is 84.3 cm³/mol. The Morgan fingerprint density at radius 3 is 2.50 bits per heavy atom. The Labute approximate surface area is 126 Å². The van der Waals surface area contributed by atoms with Crippen molar-refractivity contribution in [2.75, 3.05) is 18.6 Å². The van der Waals surface area contributed by atoms with Gasteiger partial charge in [0.1, 0.15) is 0 Å². The van der Waals surface area contributed by atoms with E-state index in [2.05, 4.69) is 23.8 Å². The van der Waals surface area contributed by atoms with Crippen molar-refractivity contribution in [1.29, 1.82) is 0 Å². The van der Waals surface area contributed by atoms with Gasteiger partial charge in [0.2, 0.25) is 0 Å². The molecule has 0 bridgehead atoms. The first-order valence-corrected chi connectivity index (χ1v) is 8.64. The van der Waals surface area contributed by atoms with E-state index < -0.39 is 5.97 Å². The van der Waals surface area contributed by atoms with Gasteiger partial charge in [-0.05, 0) is 44.1 Å². The van der Waals surface area contributed by atoms with E-state index in [4.69, 9.17) is 5.11 Å². The molecule has 0 saturated heterocycles. The topological polar surface area (TPSA) is 78.4 Å². The molecule has 118 valence electrons. The molecule has 0 aliphatic carbocycles. The molecule has 0 aliphatic heterocycles. The normalized spacial score (nSPS) is 13.6. The number of aliphatic carboxylic acids is 1. The Morgan fingerprint density at radius 2 is 1.95 bits per heavy atom. The highest BCUT2D eigenvalue weighted by atomic mass is 32.2. The number of thioether (sulfide) groups is 1. The minimum absolute atomic E-state index is 0.133. The van der Waals surface area contributed by atoms with Crippen molar-refractivity contribution in [3.8, 4) is 0 Å². The van der Waals surface area contributed by atoms with Crippen LogP contribution in [0.2, 0.25) is 0 Å². The third-order valence-electron chi connectivity index (χ3n) is 3.31. The van der Waals surface area contributed by atoms with Crippen molar-refractivity contribution in [1.82, 2.24) is 10.6 Å². The average Bonchev–Trinajstić information content (AvgIpc) is 2.39. The van der Waals surface area contributed by atoms with E-state index >= 15 is 0 Å². The lowest BCUT2D eigenvalue weighted by Crippen LogP contribution is -2.41. The Hall–Kier alpha value is -0.910. The van der Waals surface area contributed by atoms with Crippen LogP contribution in [0.25, 0.3) is 0 Å². The van der Waals surface area contributed by atoms with Crippen molar-refractivity contribution in [3.63, 3.8) is 0 Å². The van der Waals surface area contributed by atoms with Gasteiger partial charge in [0, 0.05) is 19.0 Å². The number of urea groups is 1. The van der Waals surface area contributed by atoms with Gasteiger partial charge in [0.05, 0.1) is 0 Å². The number of amides is 2. The maximum absolute atomic E-state index is 11.6. The molecule has 0 rings (SSSR count). The second-order valence-corrected chi connectivity index (χ2v) is 6.06. The highest BCUT2D eigenvalue weighted by molar-refractivity contribution is 7.98. The minimum atomic E-state index is -0.753. The van der Waals surface area contributed by atoms with Crippen molar-refractivity contribution < 1.29 is 14.7 Å². The van der Waals surface area contributed by atoms with E-state index in [1.807, 2.05) is 6.92 Å². The van der Waals surface area contributed by atoms with E-state index in [1.165, 1.54) is 0 Å². The van der Waals surface area contributed by atoms with Crippen LogP contribution in [-0.2, 0) is 4.79 Å². The van der Waals surface area contributed by atoms with Crippen molar-refractivity contribution >= 4 is 23.8 Å². The monoisotopic (exact) mass is 304 g/mol. The van der Waals surface area contributed by atoms with Gasteiger partial charge in [-0.1, -0.05) is 13.3 Å². The summed E-state index contributed by atoms with van der Waals surface area (Å²) < 4.78 is 0. The van der Waals surface area contributed by atoms with Crippen LogP contribution in [0, 0.1) is 5.92 Å². The number of carbonyl (C=O) groups is 2. The molecule has 20 heavy (non-hydrogen) atoms. The van der Waals surface area contributed by atoms with Crippen LogP contribution in [0.1, 0.15) is 46.0 Å². The summed E-state index contributed by atoms with van der Waals surface area (Å²) in [5.41, 5.74) is 0. The quantitative estimate of drug-likeness (QED) is 0.548. The molecule has 0 heterocycles. The fourth-order valence-corrected chi connectivity index (χ4v) is 2.50. The number of hydrogen-bond acceptors (Lipinski definition) is 3. The first kappa shape index (κ1) is 19.1. The van der Waals surface area contributed by atoms with Gasteiger partial charge >= 0.3 is 12.0 Å². The number of carboxylic acids is 1. The second kappa shape index (κ2) is 11.9. The summed E-state index contributed by atoms with van der Waals surface area (Å²) in [6.45, 7) is 4.65. The third-order valence-corrected chi connectivity index (χ3v) is 3.96. The highest BCUT2D eigenvalue weighted by Crippen LogP contribution is 2.14. The van der Waals surface area contributed by atoms with E-state index in [0.717, 1.165) is 25.0 Å². The van der Waals surface area contributed by atoms with Gasteiger partial charge in [-0.25, -0.2) is 4.79 Å². The standard InChI is InChI=1S/C14H28N2O3S/c1-4-12(5-6-13(17)18)7-9-15-14(19)16-11(2)8-10-20-3/h11-12H,4-10H2,1-3H3,(H,17,18)(H2,15,16,19).